The summed E-state index contributed by atoms with van der Waals surface area (Å²) in [5, 5.41) is 12.8. The third-order valence-electron chi connectivity index (χ3n) is 5.97. The second-order valence-electron chi connectivity index (χ2n) is 8.92. The highest BCUT2D eigenvalue weighted by molar-refractivity contribution is 6.99. The average molecular weight is 427 g/mol. The third kappa shape index (κ3) is 4.70. The molecule has 3 atom stereocenters. The number of benzene rings is 2. The van der Waals surface area contributed by atoms with E-state index in [0.717, 1.165) is 0 Å². The molecular formula is C25H34O4Si. The van der Waals surface area contributed by atoms with Crippen LogP contribution in [0.4, 0.5) is 0 Å². The Morgan fingerprint density at radius 1 is 1.03 bits per heavy atom. The maximum absolute atomic E-state index is 10.4. The summed E-state index contributed by atoms with van der Waals surface area (Å²) in [5.74, 6) is -0.00499. The number of rotatable bonds is 8. The summed E-state index contributed by atoms with van der Waals surface area (Å²) in [6.07, 6.45) is 3.66. The monoisotopic (exact) mass is 426 g/mol. The minimum absolute atomic E-state index is 0.00499. The molecule has 1 aliphatic rings. The van der Waals surface area contributed by atoms with Gasteiger partial charge in [-0.15, -0.1) is 0 Å². The molecule has 30 heavy (non-hydrogen) atoms. The fourth-order valence-corrected chi connectivity index (χ4v) is 9.05. The molecule has 5 heteroatoms. The van der Waals surface area contributed by atoms with E-state index in [0.29, 0.717) is 19.6 Å². The minimum Gasteiger partial charge on any atom is -0.505 e. The van der Waals surface area contributed by atoms with Crippen LogP contribution in [0, 0.1) is 5.92 Å². The number of hydrogen-bond donors (Lipinski definition) is 1. The van der Waals surface area contributed by atoms with Gasteiger partial charge in [0.25, 0.3) is 8.32 Å². The number of methoxy groups -OCH3 is 1. The highest BCUT2D eigenvalue weighted by atomic mass is 28.4. The van der Waals surface area contributed by atoms with Crippen molar-refractivity contribution < 1.29 is 19.0 Å². The van der Waals surface area contributed by atoms with Crippen molar-refractivity contribution in [3.8, 4) is 0 Å². The summed E-state index contributed by atoms with van der Waals surface area (Å²) in [4.78, 5) is 0. The molecule has 1 saturated heterocycles. The molecule has 0 spiro atoms. The molecule has 0 saturated carbocycles. The second-order valence-corrected chi connectivity index (χ2v) is 13.2. The van der Waals surface area contributed by atoms with Crippen LogP contribution < -0.4 is 10.4 Å². The Morgan fingerprint density at radius 2 is 1.60 bits per heavy atom. The van der Waals surface area contributed by atoms with Gasteiger partial charge in [0.05, 0.1) is 38.8 Å². The first kappa shape index (κ1) is 22.8. The summed E-state index contributed by atoms with van der Waals surface area (Å²) in [6, 6.07) is 21.2. The van der Waals surface area contributed by atoms with E-state index in [1.807, 2.05) is 18.2 Å². The fraction of sp³-hybridized carbons (Fsp3) is 0.440. The van der Waals surface area contributed by atoms with Crippen molar-refractivity contribution >= 4 is 18.7 Å². The van der Waals surface area contributed by atoms with Crippen LogP contribution in [0.15, 0.2) is 73.0 Å². The number of ether oxygens (including phenoxy) is 2. The van der Waals surface area contributed by atoms with Crippen LogP contribution in [0.25, 0.3) is 0 Å². The molecule has 162 valence electrons. The normalized spacial score (nSPS) is 22.5. The van der Waals surface area contributed by atoms with Crippen LogP contribution in [0.1, 0.15) is 27.2 Å². The van der Waals surface area contributed by atoms with Crippen LogP contribution in [0.5, 0.6) is 0 Å². The van der Waals surface area contributed by atoms with Gasteiger partial charge >= 0.3 is 0 Å². The van der Waals surface area contributed by atoms with Gasteiger partial charge in [-0.1, -0.05) is 81.4 Å². The van der Waals surface area contributed by atoms with Crippen LogP contribution >= 0.6 is 0 Å². The molecule has 1 fully saturated rings. The van der Waals surface area contributed by atoms with Crippen molar-refractivity contribution in [1.82, 2.24) is 0 Å². The highest BCUT2D eigenvalue weighted by Crippen LogP contribution is 2.37. The van der Waals surface area contributed by atoms with Gasteiger partial charge in [0.1, 0.15) is 0 Å². The number of aliphatic hydroxyl groups excluding tert-OH is 1. The maximum atomic E-state index is 10.4. The largest absolute Gasteiger partial charge is 0.505 e. The van der Waals surface area contributed by atoms with Gasteiger partial charge in [0.15, 0.2) is 0 Å². The molecular weight excluding hydrogens is 392 g/mol. The van der Waals surface area contributed by atoms with Crippen LogP contribution in [0.3, 0.4) is 0 Å². The summed E-state index contributed by atoms with van der Waals surface area (Å²) >= 11 is 0. The Labute approximate surface area is 181 Å². The molecule has 3 rings (SSSR count). The molecule has 4 nitrogen and oxygen atoms in total. The predicted molar refractivity (Wildman–Crippen MR) is 124 cm³/mol. The van der Waals surface area contributed by atoms with E-state index in [4.69, 9.17) is 13.9 Å². The van der Waals surface area contributed by atoms with E-state index in [9.17, 15) is 5.11 Å². The Balaban J connectivity index is 1.95. The van der Waals surface area contributed by atoms with Crippen molar-refractivity contribution in [2.75, 3.05) is 20.3 Å². The standard InChI is InChI=1S/C25H34O4Si/c1-25(2,3)30(20-12-7-5-8-13-20,21-14-9-6-10-15-21)29-19-24-22(16-11-17-27-4)23(26)18-28-24/h5-15,17,22-24,26H,16,18-19H2,1-4H3/t22-,23?,24+/m1/s1. The number of hydrogen-bond acceptors (Lipinski definition) is 4. The molecule has 2 aromatic carbocycles. The predicted octanol–water partition coefficient (Wildman–Crippen LogP) is 3.49. The Bertz CT molecular complexity index is 761. The smallest absolute Gasteiger partial charge is 0.261 e. The van der Waals surface area contributed by atoms with Crippen molar-refractivity contribution in [2.24, 2.45) is 5.92 Å². The molecule has 1 aliphatic heterocycles. The quantitative estimate of drug-likeness (QED) is 0.519. The molecule has 1 N–H and O–H groups in total. The van der Waals surface area contributed by atoms with Crippen LogP contribution in [-0.2, 0) is 13.9 Å². The van der Waals surface area contributed by atoms with Crippen LogP contribution in [0.2, 0.25) is 5.04 Å². The first-order valence-electron chi connectivity index (χ1n) is 10.6. The van der Waals surface area contributed by atoms with E-state index >= 15 is 0 Å². The molecule has 0 bridgehead atoms. The Kier molecular flexibility index (Phi) is 7.53. The number of aliphatic hydroxyl groups is 1. The first-order chi connectivity index (χ1) is 14.4. The third-order valence-corrected chi connectivity index (χ3v) is 11.0. The summed E-state index contributed by atoms with van der Waals surface area (Å²) in [5.41, 5.74) is 0. The van der Waals surface area contributed by atoms with Gasteiger partial charge in [-0.25, -0.2) is 0 Å². The van der Waals surface area contributed by atoms with Gasteiger partial charge in [0.2, 0.25) is 0 Å². The maximum Gasteiger partial charge on any atom is 0.261 e. The van der Waals surface area contributed by atoms with Gasteiger partial charge in [-0.05, 0) is 27.9 Å². The van der Waals surface area contributed by atoms with Gasteiger partial charge in [0, 0.05) is 5.92 Å². The lowest BCUT2D eigenvalue weighted by atomic mass is 9.96. The van der Waals surface area contributed by atoms with Gasteiger partial charge in [-0.2, -0.15) is 0 Å². The lowest BCUT2D eigenvalue weighted by molar-refractivity contribution is 0.0451. The van der Waals surface area contributed by atoms with Gasteiger partial charge in [-0.3, -0.25) is 0 Å². The first-order valence-corrected chi connectivity index (χ1v) is 12.5. The van der Waals surface area contributed by atoms with Crippen LogP contribution in [-0.4, -0.2) is 46.0 Å². The lowest BCUT2D eigenvalue weighted by Gasteiger charge is -2.43. The lowest BCUT2D eigenvalue weighted by Crippen LogP contribution is -2.67. The molecule has 2 aromatic rings. The van der Waals surface area contributed by atoms with Crippen molar-refractivity contribution in [3.63, 3.8) is 0 Å². The zero-order valence-corrected chi connectivity index (χ0v) is 19.5. The van der Waals surface area contributed by atoms with Crippen molar-refractivity contribution in [1.29, 1.82) is 0 Å². The molecule has 0 aliphatic carbocycles. The molecule has 0 radical (unpaired) electrons. The van der Waals surface area contributed by atoms with Gasteiger partial charge < -0.3 is 19.0 Å². The highest BCUT2D eigenvalue weighted by Gasteiger charge is 2.51. The van der Waals surface area contributed by atoms with E-state index < -0.39 is 14.4 Å². The average Bonchev–Trinajstić information content (AvgIpc) is 3.09. The SMILES string of the molecule is COC=CC[C@@H]1C(O)CO[C@H]1CO[Si](c1ccccc1)(c1ccccc1)C(C)(C)C. The van der Waals surface area contributed by atoms with Crippen molar-refractivity contribution in [2.45, 2.75) is 44.4 Å². The topological polar surface area (TPSA) is 47.9 Å². The molecule has 0 aromatic heterocycles. The van der Waals surface area contributed by atoms with E-state index in [1.165, 1.54) is 10.4 Å². The molecule has 1 heterocycles. The Hall–Kier alpha value is -1.92. The van der Waals surface area contributed by atoms with E-state index in [1.54, 1.807) is 13.4 Å². The van der Waals surface area contributed by atoms with Crippen molar-refractivity contribution in [3.05, 3.63) is 73.0 Å². The zero-order valence-electron chi connectivity index (χ0n) is 18.5. The van der Waals surface area contributed by atoms with E-state index in [-0.39, 0.29) is 17.1 Å². The summed E-state index contributed by atoms with van der Waals surface area (Å²) in [6.45, 7) is 7.60. The number of allylic oxidation sites excluding steroid dienone is 1. The Morgan fingerprint density at radius 3 is 2.10 bits per heavy atom. The fourth-order valence-electron chi connectivity index (χ4n) is 4.48. The minimum atomic E-state index is -2.61. The zero-order chi connectivity index (χ0) is 21.6. The summed E-state index contributed by atoms with van der Waals surface area (Å²) in [7, 11) is -0.984. The van der Waals surface area contributed by atoms with E-state index in [2.05, 4.69) is 69.3 Å². The molecule has 0 amide bonds. The molecule has 1 unspecified atom stereocenters. The summed E-state index contributed by atoms with van der Waals surface area (Å²) < 4.78 is 18.0. The second kappa shape index (κ2) is 9.92.